The van der Waals surface area contributed by atoms with Gasteiger partial charge in [0.1, 0.15) is 5.75 Å². The lowest BCUT2D eigenvalue weighted by molar-refractivity contribution is -0.116. The number of carbonyl (C=O) groups excluding carboxylic acids is 1. The minimum absolute atomic E-state index is 0.0818. The average Bonchev–Trinajstić information content (AvgIpc) is 2.87. The Kier molecular flexibility index (Phi) is 8.97. The zero-order valence-corrected chi connectivity index (χ0v) is 24.1. The van der Waals surface area contributed by atoms with E-state index < -0.39 is 22.5 Å². The van der Waals surface area contributed by atoms with Crippen molar-refractivity contribution in [2.24, 2.45) is 0 Å². The zero-order valence-electron chi connectivity index (χ0n) is 21.7. The predicted molar refractivity (Wildman–Crippen MR) is 156 cm³/mol. The number of anilines is 1. The maximum absolute atomic E-state index is 14.0. The topological polar surface area (TPSA) is 75.7 Å². The van der Waals surface area contributed by atoms with Crippen LogP contribution in [0.15, 0.2) is 89.8 Å². The third-order valence-electron chi connectivity index (χ3n) is 6.00. The van der Waals surface area contributed by atoms with Crippen molar-refractivity contribution in [1.82, 2.24) is 4.31 Å². The average molecular weight is 584 g/mol. The molecular formula is C30H28Cl2N2O4S. The first-order valence-electron chi connectivity index (χ1n) is 12.2. The fourth-order valence-electron chi connectivity index (χ4n) is 4.39. The van der Waals surface area contributed by atoms with E-state index in [4.69, 9.17) is 27.9 Å². The van der Waals surface area contributed by atoms with Gasteiger partial charge in [0.25, 0.3) is 0 Å². The van der Waals surface area contributed by atoms with Gasteiger partial charge < -0.3 is 10.1 Å². The Morgan fingerprint density at radius 3 is 2.15 bits per heavy atom. The van der Waals surface area contributed by atoms with Crippen molar-refractivity contribution >= 4 is 44.8 Å². The number of aryl methyl sites for hydroxylation is 3. The van der Waals surface area contributed by atoms with E-state index in [1.165, 1.54) is 0 Å². The molecule has 0 radical (unpaired) electrons. The van der Waals surface area contributed by atoms with Gasteiger partial charge in [0.05, 0.1) is 27.2 Å². The van der Waals surface area contributed by atoms with E-state index in [1.807, 2.05) is 37.3 Å². The number of nitrogens with zero attached hydrogens (tertiary/aromatic N) is 1. The first-order valence-corrected chi connectivity index (χ1v) is 14.4. The lowest BCUT2D eigenvalue weighted by atomic mass is 10.1. The molecule has 0 fully saturated rings. The summed E-state index contributed by atoms with van der Waals surface area (Å²) < 4.78 is 35.1. The minimum atomic E-state index is -4.08. The van der Waals surface area contributed by atoms with Gasteiger partial charge in [-0.1, -0.05) is 77.3 Å². The number of hydrogen-bond acceptors (Lipinski definition) is 4. The number of ether oxygens (including phenoxy) is 1. The van der Waals surface area contributed by atoms with Gasteiger partial charge >= 0.3 is 0 Å². The third kappa shape index (κ3) is 6.99. The van der Waals surface area contributed by atoms with Crippen molar-refractivity contribution in [1.29, 1.82) is 0 Å². The van der Waals surface area contributed by atoms with Crippen LogP contribution in [0, 0.1) is 20.8 Å². The summed E-state index contributed by atoms with van der Waals surface area (Å²) in [6, 6.07) is 24.7. The van der Waals surface area contributed by atoms with Gasteiger partial charge in [-0.15, -0.1) is 0 Å². The fourth-order valence-corrected chi connectivity index (χ4v) is 6.51. The summed E-state index contributed by atoms with van der Waals surface area (Å²) in [4.78, 5) is 13.5. The summed E-state index contributed by atoms with van der Waals surface area (Å²) in [5.74, 6) is 0.514. The van der Waals surface area contributed by atoms with Crippen LogP contribution in [0.5, 0.6) is 11.5 Å². The zero-order chi connectivity index (χ0) is 28.2. The highest BCUT2D eigenvalue weighted by atomic mass is 35.5. The summed E-state index contributed by atoms with van der Waals surface area (Å²) in [5.41, 5.74) is 3.17. The number of rotatable bonds is 9. The van der Waals surface area contributed by atoms with E-state index in [2.05, 4.69) is 5.32 Å². The summed E-state index contributed by atoms with van der Waals surface area (Å²) >= 11 is 12.3. The molecule has 0 unspecified atom stereocenters. The molecule has 1 amide bonds. The first kappa shape index (κ1) is 28.6. The van der Waals surface area contributed by atoms with Crippen LogP contribution in [0.3, 0.4) is 0 Å². The molecule has 6 nitrogen and oxygen atoms in total. The molecule has 9 heteroatoms. The lowest BCUT2D eigenvalue weighted by Crippen LogP contribution is -2.38. The molecule has 0 aliphatic heterocycles. The number of amides is 1. The van der Waals surface area contributed by atoms with Crippen molar-refractivity contribution in [3.05, 3.63) is 117 Å². The molecular weight excluding hydrogens is 555 g/mol. The van der Waals surface area contributed by atoms with Gasteiger partial charge in [0.15, 0.2) is 5.75 Å². The molecule has 0 saturated carbocycles. The highest BCUT2D eigenvalue weighted by Crippen LogP contribution is 2.31. The van der Waals surface area contributed by atoms with Crippen molar-refractivity contribution < 1.29 is 17.9 Å². The predicted octanol–water partition coefficient (Wildman–Crippen LogP) is 7.54. The first-order chi connectivity index (χ1) is 18.5. The highest BCUT2D eigenvalue weighted by molar-refractivity contribution is 7.89. The van der Waals surface area contributed by atoms with Crippen LogP contribution in [-0.4, -0.2) is 25.2 Å². The minimum Gasteiger partial charge on any atom is -0.455 e. The van der Waals surface area contributed by atoms with Crippen molar-refractivity contribution in [3.8, 4) is 11.5 Å². The van der Waals surface area contributed by atoms with E-state index in [-0.39, 0.29) is 11.4 Å². The molecule has 0 aliphatic rings. The molecule has 0 aromatic heterocycles. The Balaban J connectivity index is 1.65. The van der Waals surface area contributed by atoms with E-state index in [9.17, 15) is 13.2 Å². The Labute approximate surface area is 239 Å². The third-order valence-corrected chi connectivity index (χ3v) is 8.83. The van der Waals surface area contributed by atoms with Gasteiger partial charge in [-0.2, -0.15) is 4.31 Å². The van der Waals surface area contributed by atoms with Crippen molar-refractivity contribution in [3.63, 3.8) is 0 Å². The second-order valence-corrected chi connectivity index (χ2v) is 11.9. The molecule has 202 valence electrons. The van der Waals surface area contributed by atoms with E-state index in [0.717, 1.165) is 9.87 Å². The maximum atomic E-state index is 14.0. The van der Waals surface area contributed by atoms with Gasteiger partial charge in [0, 0.05) is 6.54 Å². The Hall–Kier alpha value is -3.36. The number of para-hydroxylation sites is 3. The number of carbonyl (C=O) groups is 1. The van der Waals surface area contributed by atoms with Crippen LogP contribution in [0.25, 0.3) is 0 Å². The van der Waals surface area contributed by atoms with Gasteiger partial charge in [-0.3, -0.25) is 4.79 Å². The van der Waals surface area contributed by atoms with Crippen LogP contribution >= 0.6 is 23.2 Å². The quantitative estimate of drug-likeness (QED) is 0.221. The van der Waals surface area contributed by atoms with Gasteiger partial charge in [-0.25, -0.2) is 8.42 Å². The van der Waals surface area contributed by atoms with Crippen molar-refractivity contribution in [2.75, 3.05) is 11.9 Å². The van der Waals surface area contributed by atoms with E-state index in [0.29, 0.717) is 43.9 Å². The molecule has 4 aromatic rings. The standard InChI is InChI=1S/C30H28Cl2N2O4S/c1-20-15-21(2)30(22(3)16-20)39(36,37)34(18-23-13-14-25(31)26(32)17-23)19-29(35)33-27-11-7-8-12-28(27)38-24-9-5-4-6-10-24/h4-17H,18-19H2,1-3H3,(H,33,35). The number of sulfonamides is 1. The summed E-state index contributed by atoms with van der Waals surface area (Å²) in [6.07, 6.45) is 0. The molecule has 39 heavy (non-hydrogen) atoms. The molecule has 0 spiro atoms. The fraction of sp³-hybridized carbons (Fsp3) is 0.167. The Bertz CT molecular complexity index is 1590. The second-order valence-electron chi connectivity index (χ2n) is 9.21. The molecule has 0 saturated heterocycles. The molecule has 0 atom stereocenters. The smallest absolute Gasteiger partial charge is 0.244 e. The lowest BCUT2D eigenvalue weighted by Gasteiger charge is -2.24. The van der Waals surface area contributed by atoms with Gasteiger partial charge in [-0.05, 0) is 73.9 Å². The maximum Gasteiger partial charge on any atom is 0.244 e. The van der Waals surface area contributed by atoms with Crippen LogP contribution in [-0.2, 0) is 21.4 Å². The summed E-state index contributed by atoms with van der Waals surface area (Å²) in [6.45, 7) is 4.89. The van der Waals surface area contributed by atoms with Crippen LogP contribution < -0.4 is 10.1 Å². The largest absolute Gasteiger partial charge is 0.455 e. The normalized spacial score (nSPS) is 11.4. The SMILES string of the molecule is Cc1cc(C)c(S(=O)(=O)N(CC(=O)Nc2ccccc2Oc2ccccc2)Cc2ccc(Cl)c(Cl)c2)c(C)c1. The van der Waals surface area contributed by atoms with E-state index >= 15 is 0 Å². The van der Waals surface area contributed by atoms with Crippen LogP contribution in [0.2, 0.25) is 10.0 Å². The van der Waals surface area contributed by atoms with Crippen molar-refractivity contribution in [2.45, 2.75) is 32.2 Å². The summed E-state index contributed by atoms with van der Waals surface area (Å²) in [7, 11) is -4.08. The Morgan fingerprint density at radius 1 is 0.846 bits per heavy atom. The van der Waals surface area contributed by atoms with Crippen LogP contribution in [0.4, 0.5) is 5.69 Å². The molecule has 1 N–H and O–H groups in total. The van der Waals surface area contributed by atoms with E-state index in [1.54, 1.807) is 68.4 Å². The molecule has 0 aliphatic carbocycles. The highest BCUT2D eigenvalue weighted by Gasteiger charge is 2.30. The number of benzene rings is 4. The number of hydrogen-bond donors (Lipinski definition) is 1. The van der Waals surface area contributed by atoms with Gasteiger partial charge in [0.2, 0.25) is 15.9 Å². The molecule has 4 aromatic carbocycles. The number of nitrogens with one attached hydrogen (secondary N) is 1. The molecule has 0 bridgehead atoms. The Morgan fingerprint density at radius 2 is 1.49 bits per heavy atom. The monoisotopic (exact) mass is 582 g/mol. The summed E-state index contributed by atoms with van der Waals surface area (Å²) in [5, 5.41) is 3.46. The second kappa shape index (κ2) is 12.2. The molecule has 0 heterocycles. The molecule has 4 rings (SSSR count). The number of halogens is 2. The van der Waals surface area contributed by atoms with Crippen LogP contribution in [0.1, 0.15) is 22.3 Å².